The van der Waals surface area contributed by atoms with E-state index < -0.39 is 27.4 Å². The fraction of sp³-hybridized carbons (Fsp3) is 0.368. The van der Waals surface area contributed by atoms with Gasteiger partial charge in [0.1, 0.15) is 17.8 Å². The van der Waals surface area contributed by atoms with E-state index in [9.17, 15) is 24.0 Å². The maximum Gasteiger partial charge on any atom is 0.472 e. The van der Waals surface area contributed by atoms with E-state index in [-0.39, 0.29) is 19.3 Å². The Bertz CT molecular complexity index is 1200. The number of aromatic nitrogens is 3. The van der Waals surface area contributed by atoms with Crippen LogP contribution in [-0.4, -0.2) is 54.0 Å². The summed E-state index contributed by atoms with van der Waals surface area (Å²) in [5, 5.41) is 7.52. The molecule has 3 heterocycles. The van der Waals surface area contributed by atoms with Crippen molar-refractivity contribution in [1.29, 1.82) is 0 Å². The molecule has 32 heavy (non-hydrogen) atoms. The van der Waals surface area contributed by atoms with E-state index in [4.69, 9.17) is 15.2 Å². The summed E-state index contributed by atoms with van der Waals surface area (Å²) in [4.78, 5) is 26.9. The van der Waals surface area contributed by atoms with Crippen LogP contribution in [0.1, 0.15) is 18.0 Å². The van der Waals surface area contributed by atoms with Crippen molar-refractivity contribution in [3.63, 3.8) is 0 Å². The molecule has 1 fully saturated rings. The van der Waals surface area contributed by atoms with Gasteiger partial charge in [-0.05, 0) is 18.9 Å². The summed E-state index contributed by atoms with van der Waals surface area (Å²) in [6.07, 6.45) is 3.16. The first-order valence-corrected chi connectivity index (χ1v) is 12.3. The van der Waals surface area contributed by atoms with Gasteiger partial charge in [0.15, 0.2) is 0 Å². The van der Waals surface area contributed by atoms with Gasteiger partial charge < -0.3 is 29.9 Å². The predicted octanol–water partition coefficient (Wildman–Crippen LogP) is 2.14. The topological polar surface area (TPSA) is 170 Å². The van der Waals surface area contributed by atoms with Crippen molar-refractivity contribution in [3.8, 4) is 11.1 Å². The van der Waals surface area contributed by atoms with Crippen LogP contribution in [0.5, 0.6) is 0 Å². The molecule has 0 spiro atoms. The average Bonchev–Trinajstić information content (AvgIpc) is 3.37. The molecule has 170 valence electrons. The van der Waals surface area contributed by atoms with Crippen molar-refractivity contribution >= 4 is 32.9 Å². The minimum Gasteiger partial charge on any atom is -0.383 e. The molecule has 5 N–H and O–H groups in total. The first kappa shape index (κ1) is 22.9. The highest BCUT2D eigenvalue weighted by Gasteiger charge is 2.57. The van der Waals surface area contributed by atoms with Gasteiger partial charge in [-0.2, -0.15) is 0 Å². The summed E-state index contributed by atoms with van der Waals surface area (Å²) in [6.45, 7) is 1.95. The van der Waals surface area contributed by atoms with Crippen LogP contribution < -0.4 is 5.73 Å². The fourth-order valence-corrected chi connectivity index (χ4v) is 4.58. The Morgan fingerprint density at radius 3 is 2.72 bits per heavy atom. The van der Waals surface area contributed by atoms with Gasteiger partial charge in [-0.3, -0.25) is 4.74 Å². The van der Waals surface area contributed by atoms with Gasteiger partial charge in [-0.1, -0.05) is 34.4 Å². The van der Waals surface area contributed by atoms with Crippen molar-refractivity contribution in [2.45, 2.75) is 30.8 Å². The van der Waals surface area contributed by atoms with Crippen LogP contribution in [0.3, 0.4) is 0 Å². The molecule has 4 rings (SSSR count). The molecule has 11 nitrogen and oxygen atoms in total. The molecule has 0 radical (unpaired) electrons. The van der Waals surface area contributed by atoms with Gasteiger partial charge in [0.05, 0.1) is 30.7 Å². The van der Waals surface area contributed by atoms with E-state index in [1.165, 1.54) is 6.33 Å². The van der Waals surface area contributed by atoms with E-state index in [0.29, 0.717) is 17.9 Å². The zero-order valence-electron chi connectivity index (χ0n) is 17.1. The number of benzene rings is 1. The molecule has 2 aromatic heterocycles. The number of aryl methyl sites for hydroxylation is 1. The van der Waals surface area contributed by atoms with Crippen LogP contribution >= 0.6 is 16.1 Å². The molecular weight excluding hydrogens is 458 g/mol. The van der Waals surface area contributed by atoms with Crippen LogP contribution in [0, 0.1) is 6.92 Å². The minimum absolute atomic E-state index is 0.169. The molecule has 13 heteroatoms. The number of anilines is 1. The van der Waals surface area contributed by atoms with Crippen LogP contribution in [-0.2, 0) is 18.6 Å². The number of nitrogen functional groups attached to an aromatic ring is 1. The highest BCUT2D eigenvalue weighted by atomic mass is 31.2. The molecule has 4 atom stereocenters. The van der Waals surface area contributed by atoms with Crippen LogP contribution in [0.25, 0.3) is 22.2 Å². The van der Waals surface area contributed by atoms with E-state index in [1.54, 1.807) is 0 Å². The Morgan fingerprint density at radius 2 is 2.06 bits per heavy atom. The van der Waals surface area contributed by atoms with E-state index in [1.807, 2.05) is 42.0 Å². The van der Waals surface area contributed by atoms with Crippen LogP contribution in [0.15, 0.2) is 36.8 Å². The second-order valence-electron chi connectivity index (χ2n) is 7.68. The summed E-state index contributed by atoms with van der Waals surface area (Å²) in [5.74, 6) is 0.353. The molecule has 0 amide bonds. The quantitative estimate of drug-likeness (QED) is 0.290. The molecule has 0 saturated carbocycles. The standard InChI is InChI=1S/C19H22N4O7P2/c1-11-2-4-12(5-3-11)15-7-23(18-16(15)17(20)21-10-22-18)13-6-14(29-8-13)9-30-19(24,31-25)32(26,27)28/h2-5,7,10,13-14,24H,6,8-9H2,1H3,(H2,20,21,22)(H2,26,27,28)/p+1. The third kappa shape index (κ3) is 4.21. The molecule has 1 aromatic carbocycles. The number of fused-ring (bicyclic) bond motifs is 1. The van der Waals surface area contributed by atoms with E-state index in [2.05, 4.69) is 9.97 Å². The summed E-state index contributed by atoms with van der Waals surface area (Å²) in [7, 11) is -6.91. The molecule has 1 aliphatic heterocycles. The van der Waals surface area contributed by atoms with Crippen molar-refractivity contribution < 1.29 is 33.5 Å². The molecule has 3 aromatic rings. The normalized spacial score (nSPS) is 21.2. The largest absolute Gasteiger partial charge is 0.472 e. The molecule has 0 bridgehead atoms. The van der Waals surface area contributed by atoms with Crippen molar-refractivity contribution in [3.05, 3.63) is 42.4 Å². The number of nitrogens with two attached hydrogens (primary N) is 1. The lowest BCUT2D eigenvalue weighted by molar-refractivity contribution is -0.113. The second kappa shape index (κ2) is 8.61. The van der Waals surface area contributed by atoms with Gasteiger partial charge >= 0.3 is 21.3 Å². The molecule has 1 saturated heterocycles. The summed E-state index contributed by atoms with van der Waals surface area (Å²) in [5.41, 5.74) is 9.77. The highest BCUT2D eigenvalue weighted by molar-refractivity contribution is 7.62. The minimum atomic E-state index is -5.15. The van der Waals surface area contributed by atoms with Gasteiger partial charge in [-0.15, -0.1) is 0 Å². The summed E-state index contributed by atoms with van der Waals surface area (Å²) >= 11 is 0. The maximum atomic E-state index is 11.4. The Balaban J connectivity index is 1.60. The SMILES string of the molecule is Cc1ccc(-c2cn(C3COC(COC(O)([PH+]=O)P(=O)(O)O)C3)c3ncnc(N)c23)cc1. The summed E-state index contributed by atoms with van der Waals surface area (Å²) in [6, 6.07) is 7.83. The monoisotopic (exact) mass is 481 g/mol. The Morgan fingerprint density at radius 1 is 1.34 bits per heavy atom. The van der Waals surface area contributed by atoms with E-state index >= 15 is 0 Å². The van der Waals surface area contributed by atoms with E-state index in [0.717, 1.165) is 22.1 Å². The Hall–Kier alpha value is -2.23. The lowest BCUT2D eigenvalue weighted by Gasteiger charge is -2.18. The Kier molecular flexibility index (Phi) is 6.17. The first-order chi connectivity index (χ1) is 15.1. The third-order valence-electron chi connectivity index (χ3n) is 5.45. The number of rotatable bonds is 7. The van der Waals surface area contributed by atoms with Gasteiger partial charge in [0.25, 0.3) is 0 Å². The van der Waals surface area contributed by atoms with Gasteiger partial charge in [-0.25, -0.2) is 14.5 Å². The number of nitrogens with zero attached hydrogens (tertiary/aromatic N) is 3. The average molecular weight is 481 g/mol. The molecule has 4 unspecified atom stereocenters. The maximum absolute atomic E-state index is 11.4. The molecular formula is C19H23N4O7P2+. The lowest BCUT2D eigenvalue weighted by Crippen LogP contribution is -2.29. The molecule has 1 aliphatic rings. The first-order valence-electron chi connectivity index (χ1n) is 9.74. The third-order valence-corrected chi connectivity index (χ3v) is 7.93. The lowest BCUT2D eigenvalue weighted by atomic mass is 10.0. The second-order valence-corrected chi connectivity index (χ2v) is 10.7. The summed E-state index contributed by atoms with van der Waals surface area (Å²) < 4.78 is 35.0. The smallest absolute Gasteiger partial charge is 0.383 e. The molecule has 0 aliphatic carbocycles. The van der Waals surface area contributed by atoms with Gasteiger partial charge in [0.2, 0.25) is 0 Å². The van der Waals surface area contributed by atoms with Crippen molar-refractivity contribution in [2.75, 3.05) is 18.9 Å². The Labute approximate surface area is 184 Å². The van der Waals surface area contributed by atoms with Crippen LogP contribution in [0.4, 0.5) is 5.82 Å². The predicted molar refractivity (Wildman–Crippen MR) is 117 cm³/mol. The number of aliphatic hydroxyl groups is 1. The number of hydrogen-bond acceptors (Lipinski definition) is 8. The van der Waals surface area contributed by atoms with Crippen molar-refractivity contribution in [1.82, 2.24) is 14.5 Å². The van der Waals surface area contributed by atoms with Crippen LogP contribution in [0.2, 0.25) is 0 Å². The fourth-order valence-electron chi connectivity index (χ4n) is 3.72. The zero-order chi connectivity index (χ0) is 23.1. The highest BCUT2D eigenvalue weighted by Crippen LogP contribution is 2.55. The van der Waals surface area contributed by atoms with Crippen molar-refractivity contribution in [2.24, 2.45) is 0 Å². The van der Waals surface area contributed by atoms with Gasteiger partial charge in [0, 0.05) is 11.8 Å². The number of hydrogen-bond donors (Lipinski definition) is 4. The zero-order valence-corrected chi connectivity index (χ0v) is 19.0. The number of ether oxygens (including phenoxy) is 2.